The van der Waals surface area contributed by atoms with E-state index < -0.39 is 27.8 Å². The Morgan fingerprint density at radius 2 is 1.74 bits per heavy atom. The lowest BCUT2D eigenvalue weighted by molar-refractivity contribution is -0.117. The van der Waals surface area contributed by atoms with Gasteiger partial charge in [0, 0.05) is 5.69 Å². The molecule has 3 aromatic rings. The van der Waals surface area contributed by atoms with Crippen molar-refractivity contribution in [3.8, 4) is 5.75 Å². The molecule has 6 nitrogen and oxygen atoms in total. The summed E-state index contributed by atoms with van der Waals surface area (Å²) in [6.07, 6.45) is 0.104. The molecule has 0 aromatic heterocycles. The fourth-order valence-corrected chi connectivity index (χ4v) is 5.08. The van der Waals surface area contributed by atoms with Crippen LogP contribution in [0.3, 0.4) is 0 Å². The number of ether oxygens (including phenoxy) is 1. The zero-order valence-electron chi connectivity index (χ0n) is 19.6. The Morgan fingerprint density at radius 3 is 2.38 bits per heavy atom. The zero-order valence-corrected chi connectivity index (χ0v) is 20.4. The SMILES string of the molecule is COc1ccc(F)cc1S(=O)(=O)NC(Cc1ccccc1)C(=O)Nc1c(C)cccc1C(C)C. The van der Waals surface area contributed by atoms with Gasteiger partial charge in [0.25, 0.3) is 0 Å². The molecule has 3 rings (SSSR count). The van der Waals surface area contributed by atoms with E-state index in [1.807, 2.05) is 69.3 Å². The number of nitrogens with one attached hydrogen (secondary N) is 2. The lowest BCUT2D eigenvalue weighted by atomic mass is 9.97. The van der Waals surface area contributed by atoms with Crippen LogP contribution in [0.4, 0.5) is 10.1 Å². The second-order valence-electron chi connectivity index (χ2n) is 8.34. The second kappa shape index (κ2) is 10.8. The second-order valence-corrected chi connectivity index (χ2v) is 10.0. The van der Waals surface area contributed by atoms with Crippen LogP contribution in [0.2, 0.25) is 0 Å². The summed E-state index contributed by atoms with van der Waals surface area (Å²) in [5.41, 5.74) is 3.24. The van der Waals surface area contributed by atoms with Crippen molar-refractivity contribution in [1.82, 2.24) is 4.72 Å². The molecule has 0 aliphatic rings. The molecule has 2 N–H and O–H groups in total. The van der Waals surface area contributed by atoms with Crippen LogP contribution in [0.1, 0.15) is 36.5 Å². The zero-order chi connectivity index (χ0) is 24.9. The summed E-state index contributed by atoms with van der Waals surface area (Å²) in [5.74, 6) is -1.12. The van der Waals surface area contributed by atoms with Crippen LogP contribution >= 0.6 is 0 Å². The van der Waals surface area contributed by atoms with Gasteiger partial charge in [-0.1, -0.05) is 62.4 Å². The number of para-hydroxylation sites is 1. The van der Waals surface area contributed by atoms with E-state index >= 15 is 0 Å². The van der Waals surface area contributed by atoms with Gasteiger partial charge in [0.15, 0.2) is 0 Å². The topological polar surface area (TPSA) is 84.5 Å². The molecule has 0 bridgehead atoms. The van der Waals surface area contributed by atoms with Gasteiger partial charge in [-0.25, -0.2) is 12.8 Å². The molecule has 0 fully saturated rings. The highest BCUT2D eigenvalue weighted by Gasteiger charge is 2.29. The van der Waals surface area contributed by atoms with Gasteiger partial charge >= 0.3 is 0 Å². The van der Waals surface area contributed by atoms with Crippen LogP contribution in [-0.4, -0.2) is 27.5 Å². The molecule has 1 unspecified atom stereocenters. The Labute approximate surface area is 200 Å². The Bertz CT molecular complexity index is 1260. The first-order chi connectivity index (χ1) is 16.1. The molecule has 0 spiro atoms. The Balaban J connectivity index is 1.98. The molecule has 180 valence electrons. The number of anilines is 1. The first kappa shape index (κ1) is 25.4. The van der Waals surface area contributed by atoms with Crippen molar-refractivity contribution in [2.75, 3.05) is 12.4 Å². The van der Waals surface area contributed by atoms with Gasteiger partial charge in [0.1, 0.15) is 22.5 Å². The number of hydrogen-bond acceptors (Lipinski definition) is 4. The third kappa shape index (κ3) is 6.01. The maximum atomic E-state index is 13.9. The number of rotatable bonds is 9. The fourth-order valence-electron chi connectivity index (χ4n) is 3.70. The first-order valence-corrected chi connectivity index (χ1v) is 12.4. The molecule has 3 aromatic carbocycles. The number of hydrogen-bond donors (Lipinski definition) is 2. The van der Waals surface area contributed by atoms with Crippen molar-refractivity contribution in [3.05, 3.63) is 89.2 Å². The van der Waals surface area contributed by atoms with E-state index in [0.717, 1.165) is 28.8 Å². The number of halogens is 1. The number of aryl methyl sites for hydroxylation is 1. The highest BCUT2D eigenvalue weighted by molar-refractivity contribution is 7.89. The van der Waals surface area contributed by atoms with E-state index in [-0.39, 0.29) is 23.0 Å². The van der Waals surface area contributed by atoms with Crippen molar-refractivity contribution in [3.63, 3.8) is 0 Å². The minimum Gasteiger partial charge on any atom is -0.495 e. The molecule has 0 radical (unpaired) electrons. The van der Waals surface area contributed by atoms with Gasteiger partial charge in [0.05, 0.1) is 7.11 Å². The predicted octanol–water partition coefficient (Wildman–Crippen LogP) is 4.79. The van der Waals surface area contributed by atoms with E-state index in [2.05, 4.69) is 10.0 Å². The van der Waals surface area contributed by atoms with Crippen molar-refractivity contribution in [1.29, 1.82) is 0 Å². The summed E-state index contributed by atoms with van der Waals surface area (Å²) in [5, 5.41) is 2.92. The third-order valence-electron chi connectivity index (χ3n) is 5.49. The van der Waals surface area contributed by atoms with Crippen LogP contribution in [0.15, 0.2) is 71.6 Å². The van der Waals surface area contributed by atoms with Gasteiger partial charge in [-0.2, -0.15) is 4.72 Å². The number of carbonyl (C=O) groups is 1. The van der Waals surface area contributed by atoms with Crippen LogP contribution in [0, 0.1) is 12.7 Å². The largest absolute Gasteiger partial charge is 0.495 e. The Morgan fingerprint density at radius 1 is 1.03 bits per heavy atom. The summed E-state index contributed by atoms with van der Waals surface area (Å²) >= 11 is 0. The summed E-state index contributed by atoms with van der Waals surface area (Å²) in [6.45, 7) is 5.92. The molecule has 1 atom stereocenters. The number of benzene rings is 3. The standard InChI is InChI=1S/C26H29FN2O4S/c1-17(2)21-12-8-9-18(3)25(21)28-26(30)22(15-19-10-6-5-7-11-19)29-34(31,32)24-16-20(27)13-14-23(24)33-4/h5-14,16-17,22,29H,15H2,1-4H3,(H,28,30). The summed E-state index contributed by atoms with van der Waals surface area (Å²) in [6, 6.07) is 16.9. The van der Waals surface area contributed by atoms with Crippen LogP contribution < -0.4 is 14.8 Å². The highest BCUT2D eigenvalue weighted by Crippen LogP contribution is 2.28. The minimum atomic E-state index is -4.29. The van der Waals surface area contributed by atoms with Gasteiger partial charge in [-0.3, -0.25) is 4.79 Å². The van der Waals surface area contributed by atoms with E-state index in [1.165, 1.54) is 13.2 Å². The molecule has 0 heterocycles. The van der Waals surface area contributed by atoms with Crippen molar-refractivity contribution in [2.24, 2.45) is 0 Å². The molecular weight excluding hydrogens is 455 g/mol. The molecule has 0 saturated carbocycles. The number of sulfonamides is 1. The average molecular weight is 485 g/mol. The fraction of sp³-hybridized carbons (Fsp3) is 0.269. The maximum Gasteiger partial charge on any atom is 0.245 e. The van der Waals surface area contributed by atoms with Crippen LogP contribution in [-0.2, 0) is 21.2 Å². The summed E-state index contributed by atoms with van der Waals surface area (Å²) in [4.78, 5) is 13.1. The molecule has 1 amide bonds. The molecule has 8 heteroatoms. The van der Waals surface area contributed by atoms with E-state index in [4.69, 9.17) is 4.74 Å². The number of amides is 1. The maximum absolute atomic E-state index is 13.9. The van der Waals surface area contributed by atoms with E-state index in [0.29, 0.717) is 5.69 Å². The first-order valence-electron chi connectivity index (χ1n) is 10.9. The minimum absolute atomic E-state index is 0.0197. The monoisotopic (exact) mass is 484 g/mol. The van der Waals surface area contributed by atoms with Crippen molar-refractivity contribution < 1.29 is 22.3 Å². The van der Waals surface area contributed by atoms with Crippen LogP contribution in [0.25, 0.3) is 0 Å². The number of carbonyl (C=O) groups excluding carboxylic acids is 1. The third-order valence-corrected chi connectivity index (χ3v) is 6.98. The molecule has 0 saturated heterocycles. The molecular formula is C26H29FN2O4S. The highest BCUT2D eigenvalue weighted by atomic mass is 32.2. The smallest absolute Gasteiger partial charge is 0.245 e. The lowest BCUT2D eigenvalue weighted by Gasteiger charge is -2.22. The normalized spacial score (nSPS) is 12.4. The molecule has 0 aliphatic heterocycles. The molecule has 34 heavy (non-hydrogen) atoms. The Kier molecular flexibility index (Phi) is 8.06. The van der Waals surface area contributed by atoms with Crippen molar-refractivity contribution >= 4 is 21.6 Å². The van der Waals surface area contributed by atoms with E-state index in [1.54, 1.807) is 0 Å². The quantitative estimate of drug-likeness (QED) is 0.457. The van der Waals surface area contributed by atoms with Crippen molar-refractivity contribution in [2.45, 2.75) is 44.0 Å². The summed E-state index contributed by atoms with van der Waals surface area (Å²) < 4.78 is 47.9. The van der Waals surface area contributed by atoms with Crippen LogP contribution in [0.5, 0.6) is 5.75 Å². The Hall–Kier alpha value is -3.23. The van der Waals surface area contributed by atoms with E-state index in [9.17, 15) is 17.6 Å². The van der Waals surface area contributed by atoms with Gasteiger partial charge < -0.3 is 10.1 Å². The van der Waals surface area contributed by atoms with Gasteiger partial charge in [-0.05, 0) is 54.2 Å². The van der Waals surface area contributed by atoms with Gasteiger partial charge in [0.2, 0.25) is 15.9 Å². The average Bonchev–Trinajstić information content (AvgIpc) is 2.80. The lowest BCUT2D eigenvalue weighted by Crippen LogP contribution is -2.45. The predicted molar refractivity (Wildman–Crippen MR) is 131 cm³/mol. The molecule has 0 aliphatic carbocycles. The number of methoxy groups -OCH3 is 1. The summed E-state index contributed by atoms with van der Waals surface area (Å²) in [7, 11) is -3.00. The van der Waals surface area contributed by atoms with Gasteiger partial charge in [-0.15, -0.1) is 0 Å².